The van der Waals surface area contributed by atoms with E-state index in [0.29, 0.717) is 19.4 Å². The number of carboxylic acid groups (broad SMARTS) is 1. The molecule has 1 aliphatic heterocycles. The van der Waals surface area contributed by atoms with Crippen LogP contribution in [0.3, 0.4) is 0 Å². The minimum Gasteiger partial charge on any atom is -0.480 e. The van der Waals surface area contributed by atoms with E-state index >= 15 is 0 Å². The van der Waals surface area contributed by atoms with Crippen molar-refractivity contribution < 1.29 is 14.7 Å². The fraction of sp³-hybridized carbons (Fsp3) is 0.800. The van der Waals surface area contributed by atoms with Crippen LogP contribution < -0.4 is 0 Å². The van der Waals surface area contributed by atoms with Crippen LogP contribution in [0.15, 0.2) is 5.11 Å². The zero-order valence-electron chi connectivity index (χ0n) is 9.58. The molecule has 94 valence electrons. The number of carboxylic acids is 1. The van der Waals surface area contributed by atoms with Crippen LogP contribution >= 0.6 is 0 Å². The number of rotatable bonds is 5. The van der Waals surface area contributed by atoms with Crippen molar-refractivity contribution in [3.05, 3.63) is 10.4 Å². The first-order valence-electron chi connectivity index (χ1n) is 5.70. The standard InChI is InChI=1S/C10H16N4O3/c11-13-12-6-3-5-9(15)14-7-2-1-4-8(14)10(16)17/h8H,1-7H2,(H,16,17). The largest absolute Gasteiger partial charge is 0.480 e. The first-order valence-corrected chi connectivity index (χ1v) is 5.70. The molecule has 7 nitrogen and oxygen atoms in total. The number of likely N-dealkylation sites (tertiary alicyclic amines) is 1. The molecule has 0 aromatic rings. The Balaban J connectivity index is 2.47. The van der Waals surface area contributed by atoms with Gasteiger partial charge in [0.15, 0.2) is 0 Å². The highest BCUT2D eigenvalue weighted by atomic mass is 16.4. The molecule has 7 heteroatoms. The smallest absolute Gasteiger partial charge is 0.326 e. The van der Waals surface area contributed by atoms with E-state index < -0.39 is 12.0 Å². The summed E-state index contributed by atoms with van der Waals surface area (Å²) in [7, 11) is 0. The van der Waals surface area contributed by atoms with Gasteiger partial charge in [-0.1, -0.05) is 5.11 Å². The fourth-order valence-electron chi connectivity index (χ4n) is 1.98. The highest BCUT2D eigenvalue weighted by Gasteiger charge is 2.31. The Morgan fingerprint density at radius 2 is 2.24 bits per heavy atom. The maximum absolute atomic E-state index is 11.8. The maximum atomic E-state index is 11.8. The van der Waals surface area contributed by atoms with Crippen LogP contribution in [0.1, 0.15) is 32.1 Å². The Morgan fingerprint density at radius 3 is 2.88 bits per heavy atom. The lowest BCUT2D eigenvalue weighted by Crippen LogP contribution is -2.47. The summed E-state index contributed by atoms with van der Waals surface area (Å²) in [6, 6.07) is -0.685. The van der Waals surface area contributed by atoms with Crippen LogP contribution in [0.4, 0.5) is 0 Å². The lowest BCUT2D eigenvalue weighted by atomic mass is 10.0. The Labute approximate surface area is 99.0 Å². The van der Waals surface area contributed by atoms with E-state index in [0.717, 1.165) is 12.8 Å². The minimum absolute atomic E-state index is 0.162. The molecule has 0 radical (unpaired) electrons. The molecular weight excluding hydrogens is 224 g/mol. The number of hydrogen-bond donors (Lipinski definition) is 1. The number of nitrogens with zero attached hydrogens (tertiary/aromatic N) is 4. The van der Waals surface area contributed by atoms with Gasteiger partial charge in [0.1, 0.15) is 6.04 Å². The Hall–Kier alpha value is -1.75. The summed E-state index contributed by atoms with van der Waals surface area (Å²) < 4.78 is 0. The van der Waals surface area contributed by atoms with Crippen LogP contribution in [0.25, 0.3) is 10.4 Å². The van der Waals surface area contributed by atoms with Gasteiger partial charge in [0.25, 0.3) is 0 Å². The van der Waals surface area contributed by atoms with Crippen molar-refractivity contribution in [2.75, 3.05) is 13.1 Å². The summed E-state index contributed by atoms with van der Waals surface area (Å²) in [5.41, 5.74) is 8.08. The first-order chi connectivity index (χ1) is 8.16. The zero-order valence-corrected chi connectivity index (χ0v) is 9.58. The van der Waals surface area contributed by atoms with E-state index in [-0.39, 0.29) is 18.9 Å². The van der Waals surface area contributed by atoms with Gasteiger partial charge < -0.3 is 10.0 Å². The van der Waals surface area contributed by atoms with E-state index in [9.17, 15) is 9.59 Å². The van der Waals surface area contributed by atoms with E-state index in [1.165, 1.54) is 4.90 Å². The van der Waals surface area contributed by atoms with Crippen LogP contribution in [-0.2, 0) is 9.59 Å². The Bertz CT molecular complexity index is 338. The number of amides is 1. The van der Waals surface area contributed by atoms with Gasteiger partial charge in [-0.25, -0.2) is 4.79 Å². The topological polar surface area (TPSA) is 106 Å². The van der Waals surface area contributed by atoms with Gasteiger partial charge >= 0.3 is 5.97 Å². The molecule has 1 N–H and O–H groups in total. The van der Waals surface area contributed by atoms with Gasteiger partial charge in [0.05, 0.1) is 0 Å². The molecule has 17 heavy (non-hydrogen) atoms. The van der Waals surface area contributed by atoms with E-state index in [2.05, 4.69) is 10.0 Å². The van der Waals surface area contributed by atoms with Gasteiger partial charge in [0.2, 0.25) is 5.91 Å². The number of hydrogen-bond acceptors (Lipinski definition) is 3. The summed E-state index contributed by atoms with van der Waals surface area (Å²) in [6.07, 6.45) is 2.93. The third kappa shape index (κ3) is 3.96. The van der Waals surface area contributed by atoms with Crippen molar-refractivity contribution in [2.24, 2.45) is 5.11 Å². The van der Waals surface area contributed by atoms with Crippen LogP contribution in [-0.4, -0.2) is 41.0 Å². The molecule has 0 spiro atoms. The second kappa shape index (κ2) is 6.75. The number of carbonyl (C=O) groups excluding carboxylic acids is 1. The molecule has 1 amide bonds. The number of carbonyl (C=O) groups is 2. The average molecular weight is 240 g/mol. The normalized spacial score (nSPS) is 19.5. The molecule has 1 rings (SSSR count). The highest BCUT2D eigenvalue weighted by Crippen LogP contribution is 2.18. The molecule has 1 aliphatic rings. The lowest BCUT2D eigenvalue weighted by molar-refractivity contribution is -0.152. The van der Waals surface area contributed by atoms with Crippen molar-refractivity contribution in [3.8, 4) is 0 Å². The van der Waals surface area contributed by atoms with E-state index in [1.54, 1.807) is 0 Å². The Kier molecular flexibility index (Phi) is 5.29. The van der Waals surface area contributed by atoms with Crippen molar-refractivity contribution in [1.82, 2.24) is 4.90 Å². The molecule has 1 fully saturated rings. The molecule has 1 atom stereocenters. The first kappa shape index (κ1) is 13.3. The van der Waals surface area contributed by atoms with Crippen LogP contribution in [0, 0.1) is 0 Å². The third-order valence-corrected chi connectivity index (χ3v) is 2.82. The quantitative estimate of drug-likeness (QED) is 0.341. The van der Waals surface area contributed by atoms with Crippen LogP contribution in [0.2, 0.25) is 0 Å². The van der Waals surface area contributed by atoms with Gasteiger partial charge in [-0.2, -0.15) is 0 Å². The highest BCUT2D eigenvalue weighted by molar-refractivity contribution is 5.83. The molecule has 0 saturated carbocycles. The molecule has 0 bridgehead atoms. The maximum Gasteiger partial charge on any atom is 0.326 e. The molecule has 1 saturated heterocycles. The van der Waals surface area contributed by atoms with Crippen molar-refractivity contribution in [2.45, 2.75) is 38.1 Å². The zero-order chi connectivity index (χ0) is 12.7. The second-order valence-electron chi connectivity index (χ2n) is 3.99. The number of aliphatic carboxylic acids is 1. The molecular formula is C10H16N4O3. The monoisotopic (exact) mass is 240 g/mol. The van der Waals surface area contributed by atoms with Gasteiger partial charge in [-0.05, 0) is 31.2 Å². The van der Waals surface area contributed by atoms with Gasteiger partial charge in [0, 0.05) is 24.4 Å². The van der Waals surface area contributed by atoms with E-state index in [4.69, 9.17) is 10.6 Å². The predicted octanol–water partition coefficient (Wildman–Crippen LogP) is 1.54. The van der Waals surface area contributed by atoms with Gasteiger partial charge in [-0.3, -0.25) is 4.79 Å². The summed E-state index contributed by atoms with van der Waals surface area (Å²) >= 11 is 0. The number of piperidine rings is 1. The summed E-state index contributed by atoms with van der Waals surface area (Å²) in [5, 5.41) is 12.3. The SMILES string of the molecule is [N-]=[N+]=NCCCC(=O)N1CCCCC1C(=O)O. The third-order valence-electron chi connectivity index (χ3n) is 2.82. The van der Waals surface area contributed by atoms with Crippen molar-refractivity contribution in [3.63, 3.8) is 0 Å². The predicted molar refractivity (Wildman–Crippen MR) is 60.2 cm³/mol. The average Bonchev–Trinajstić information content (AvgIpc) is 2.34. The number of azide groups is 1. The summed E-state index contributed by atoms with van der Waals surface area (Å²) in [4.78, 5) is 26.8. The second-order valence-corrected chi connectivity index (χ2v) is 3.99. The Morgan fingerprint density at radius 1 is 1.47 bits per heavy atom. The molecule has 0 aliphatic carbocycles. The lowest BCUT2D eigenvalue weighted by Gasteiger charge is -2.33. The summed E-state index contributed by atoms with van der Waals surface area (Å²) in [6.45, 7) is 0.783. The molecule has 0 aromatic heterocycles. The van der Waals surface area contributed by atoms with E-state index in [1.807, 2.05) is 0 Å². The van der Waals surface area contributed by atoms with Crippen LogP contribution in [0.5, 0.6) is 0 Å². The molecule has 0 aromatic carbocycles. The molecule has 1 heterocycles. The van der Waals surface area contributed by atoms with Gasteiger partial charge in [-0.15, -0.1) is 0 Å². The summed E-state index contributed by atoms with van der Waals surface area (Å²) in [5.74, 6) is -1.10. The molecule has 1 unspecified atom stereocenters. The fourth-order valence-corrected chi connectivity index (χ4v) is 1.98. The minimum atomic E-state index is -0.937. The van der Waals surface area contributed by atoms with Crippen molar-refractivity contribution in [1.29, 1.82) is 0 Å². The van der Waals surface area contributed by atoms with Crippen molar-refractivity contribution >= 4 is 11.9 Å².